The normalized spacial score (nSPS) is 16.8. The van der Waals surface area contributed by atoms with E-state index in [-0.39, 0.29) is 22.8 Å². The molecule has 3 amide bonds. The zero-order chi connectivity index (χ0) is 42.8. The summed E-state index contributed by atoms with van der Waals surface area (Å²) in [5.74, 6) is -2.08. The van der Waals surface area contributed by atoms with E-state index in [1.54, 1.807) is 44.6 Å². The summed E-state index contributed by atoms with van der Waals surface area (Å²) < 4.78 is 76.1. The number of carboxylic acid groups (broad SMARTS) is 1. The number of ether oxygens (including phenoxy) is 2. The van der Waals surface area contributed by atoms with Gasteiger partial charge in [-0.25, -0.2) is 10.1 Å². The molecular weight excluding hydrogens is 853 g/mol. The van der Waals surface area contributed by atoms with Crippen LogP contribution in [-0.4, -0.2) is 97.9 Å². The average Bonchev–Trinajstić information content (AvgIpc) is 3.15. The first kappa shape index (κ1) is 45.0. The summed E-state index contributed by atoms with van der Waals surface area (Å²) in [6, 6.07) is 22.8. The van der Waals surface area contributed by atoms with E-state index in [0.717, 1.165) is 24.2 Å². The third-order valence-corrected chi connectivity index (χ3v) is 11.2. The molecule has 1 fully saturated rings. The van der Waals surface area contributed by atoms with Gasteiger partial charge in [0.05, 0.1) is 27.8 Å². The lowest BCUT2D eigenvalue weighted by molar-refractivity contribution is -0.918. The van der Waals surface area contributed by atoms with Crippen LogP contribution in [0, 0.1) is 0 Å². The number of carbonyl (C=O) groups excluding carboxylic acids is 2. The van der Waals surface area contributed by atoms with Crippen LogP contribution in [0.1, 0.15) is 24.0 Å². The topological polar surface area (TPSA) is 195 Å². The monoisotopic (exact) mass is 894 g/mol. The SMILES string of the molecule is COc1ccc(C[N+]2(C)CCC/C(=[N+](/C(=O)Nc3ccc(OS(=O)(=O)c4ccccc4Br)cc3)[C@@H](Cc3ccc(O)cc3)C(N)=O)C2)cc1OC.O=C(O)C(F)(F)F. The summed E-state index contributed by atoms with van der Waals surface area (Å²) in [4.78, 5) is 36.3. The van der Waals surface area contributed by atoms with Crippen LogP contribution < -0.4 is 24.7 Å². The van der Waals surface area contributed by atoms with Gasteiger partial charge in [-0.2, -0.15) is 31.0 Å². The molecule has 2 atom stereocenters. The van der Waals surface area contributed by atoms with Crippen molar-refractivity contribution in [2.24, 2.45) is 5.73 Å². The number of nitrogens with zero attached hydrogens (tertiary/aromatic N) is 2. The van der Waals surface area contributed by atoms with Gasteiger partial charge in [0.15, 0.2) is 17.5 Å². The molecule has 19 heteroatoms. The van der Waals surface area contributed by atoms with Crippen molar-refractivity contribution in [3.63, 3.8) is 0 Å². The molecule has 310 valence electrons. The van der Waals surface area contributed by atoms with Crippen LogP contribution in [0.15, 0.2) is 100 Å². The first-order valence-electron chi connectivity index (χ1n) is 17.4. The number of phenolic OH excluding ortho intramolecular Hbond substituents is 1. The third-order valence-electron chi connectivity index (χ3n) is 8.96. The van der Waals surface area contributed by atoms with E-state index < -0.39 is 40.2 Å². The molecular formula is C39H42BrF3N4O10S+2. The van der Waals surface area contributed by atoms with Gasteiger partial charge < -0.3 is 34.1 Å². The Morgan fingerprint density at radius 3 is 2.12 bits per heavy atom. The van der Waals surface area contributed by atoms with Crippen molar-refractivity contribution in [3.8, 4) is 23.0 Å². The largest absolute Gasteiger partial charge is 0.508 e. The lowest BCUT2D eigenvalue weighted by Crippen LogP contribution is -2.56. The smallest absolute Gasteiger partial charge is 0.496 e. The van der Waals surface area contributed by atoms with Gasteiger partial charge in [-0.1, -0.05) is 24.3 Å². The standard InChI is InChI=1S/C37H39BrN4O8S.C2HF3O2/c1-42(23-26-12-19-33(48-2)34(22-26)49-3)20-6-7-28(24-42)41(32(36(39)44)21-25-10-15-29(43)16-11-25)37(45)40-27-13-17-30(18-14-27)50-51(46,47)35-9-5-4-8-31(35)38;3-2(4,5)1(6)7/h4-5,8-19,22,32H,6-7,20-21,23-24H2,1-3H3,(H2-2,39,40,43,44,45);(H,6,7)/p+2/b41-28-;/t32-,42?;/m0./s1. The fraction of sp³-hybridized carbons (Fsp3) is 0.282. The van der Waals surface area contributed by atoms with Crippen molar-refractivity contribution in [1.82, 2.24) is 0 Å². The molecule has 4 aromatic carbocycles. The van der Waals surface area contributed by atoms with Gasteiger partial charge in [-0.05, 0) is 88.2 Å². The number of hydrogen-bond donors (Lipinski definition) is 4. The molecule has 5 N–H and O–H groups in total. The Kier molecular flexibility index (Phi) is 14.9. The van der Waals surface area contributed by atoms with Crippen LogP contribution >= 0.6 is 15.9 Å². The summed E-state index contributed by atoms with van der Waals surface area (Å²) in [6.45, 7) is 1.92. The number of quaternary nitrogens is 1. The molecule has 58 heavy (non-hydrogen) atoms. The third kappa shape index (κ3) is 12.2. The second-order valence-electron chi connectivity index (χ2n) is 13.4. The Labute approximate surface area is 341 Å². The number of benzene rings is 4. The highest BCUT2D eigenvalue weighted by atomic mass is 79.9. The van der Waals surface area contributed by atoms with Crippen LogP contribution in [0.25, 0.3) is 0 Å². The number of methoxy groups -OCH3 is 2. The van der Waals surface area contributed by atoms with E-state index in [2.05, 4.69) is 28.3 Å². The molecule has 1 saturated heterocycles. The number of carbonyl (C=O) groups is 3. The molecule has 0 radical (unpaired) electrons. The maximum Gasteiger partial charge on any atom is 0.496 e. The van der Waals surface area contributed by atoms with Crippen LogP contribution in [0.3, 0.4) is 0 Å². The number of carboxylic acids is 1. The molecule has 0 aromatic heterocycles. The Morgan fingerprint density at radius 1 is 0.948 bits per heavy atom. The number of likely N-dealkylation sites (tertiary alicyclic amines) is 1. The van der Waals surface area contributed by atoms with Gasteiger partial charge in [-0.15, -0.1) is 0 Å². The summed E-state index contributed by atoms with van der Waals surface area (Å²) in [6.07, 6.45) is -3.65. The van der Waals surface area contributed by atoms with E-state index in [1.165, 1.54) is 47.0 Å². The van der Waals surface area contributed by atoms with E-state index in [1.807, 2.05) is 18.2 Å². The predicted octanol–water partition coefficient (Wildman–Crippen LogP) is 6.10. The van der Waals surface area contributed by atoms with Gasteiger partial charge in [0.1, 0.15) is 40.9 Å². The number of halogens is 4. The van der Waals surface area contributed by atoms with Crippen molar-refractivity contribution < 1.29 is 68.9 Å². The number of aliphatic carboxylic acids is 1. The molecule has 0 spiro atoms. The Bertz CT molecular complexity index is 2260. The number of alkyl halides is 3. The minimum Gasteiger partial charge on any atom is -0.508 e. The van der Waals surface area contributed by atoms with Gasteiger partial charge in [0, 0.05) is 29.3 Å². The van der Waals surface area contributed by atoms with Crippen LogP contribution in [0.2, 0.25) is 0 Å². The minimum absolute atomic E-state index is 0.0230. The lowest BCUT2D eigenvalue weighted by atomic mass is 10.0. The highest BCUT2D eigenvalue weighted by molar-refractivity contribution is 9.10. The zero-order valence-corrected chi connectivity index (χ0v) is 33.9. The maximum atomic E-state index is 14.2. The fourth-order valence-corrected chi connectivity index (χ4v) is 8.18. The Morgan fingerprint density at radius 2 is 1.55 bits per heavy atom. The number of phenols is 1. The van der Waals surface area contributed by atoms with Gasteiger partial charge in [0.25, 0.3) is 5.91 Å². The molecule has 0 bridgehead atoms. The number of amides is 3. The maximum absolute atomic E-state index is 14.2. The van der Waals surface area contributed by atoms with E-state index in [4.69, 9.17) is 29.3 Å². The number of primary amides is 1. The van der Waals surface area contributed by atoms with Crippen LogP contribution in [-0.2, 0) is 32.7 Å². The number of aromatic hydroxyl groups is 1. The predicted molar refractivity (Wildman–Crippen MR) is 210 cm³/mol. The molecule has 1 heterocycles. The first-order chi connectivity index (χ1) is 27.2. The molecule has 1 unspecified atom stereocenters. The number of hydrogen-bond acceptors (Lipinski definition) is 9. The fourth-order valence-electron chi connectivity index (χ4n) is 6.29. The molecule has 0 saturated carbocycles. The Balaban J connectivity index is 0.000000973. The van der Waals surface area contributed by atoms with E-state index in [9.17, 15) is 36.3 Å². The molecule has 14 nitrogen and oxygen atoms in total. The lowest BCUT2D eigenvalue weighted by Gasteiger charge is -2.38. The molecule has 1 aliphatic rings. The first-order valence-corrected chi connectivity index (χ1v) is 19.6. The van der Waals surface area contributed by atoms with Crippen molar-refractivity contribution >= 4 is 55.4 Å². The highest BCUT2D eigenvalue weighted by Gasteiger charge is 2.40. The zero-order valence-electron chi connectivity index (χ0n) is 31.5. The van der Waals surface area contributed by atoms with E-state index in [0.29, 0.717) is 51.2 Å². The number of piperidine rings is 1. The van der Waals surface area contributed by atoms with E-state index >= 15 is 0 Å². The highest BCUT2D eigenvalue weighted by Crippen LogP contribution is 2.30. The van der Waals surface area contributed by atoms with Crippen molar-refractivity contribution in [1.29, 1.82) is 0 Å². The second-order valence-corrected chi connectivity index (χ2v) is 15.8. The van der Waals surface area contributed by atoms with Crippen LogP contribution in [0.5, 0.6) is 23.0 Å². The number of rotatable bonds is 12. The van der Waals surface area contributed by atoms with Crippen molar-refractivity contribution in [2.45, 2.75) is 42.9 Å². The summed E-state index contributed by atoms with van der Waals surface area (Å²) in [5, 5.41) is 19.8. The quantitative estimate of drug-likeness (QED) is 0.0734. The van der Waals surface area contributed by atoms with Gasteiger partial charge in [-0.3, -0.25) is 4.79 Å². The second kappa shape index (κ2) is 19.2. The van der Waals surface area contributed by atoms with Crippen molar-refractivity contribution in [3.05, 3.63) is 107 Å². The van der Waals surface area contributed by atoms with Gasteiger partial charge in [0.2, 0.25) is 0 Å². The number of urea groups is 1. The number of nitrogens with one attached hydrogen (secondary N) is 1. The van der Waals surface area contributed by atoms with Crippen LogP contribution in [0.4, 0.5) is 23.7 Å². The molecule has 1 aliphatic heterocycles. The average molecular weight is 896 g/mol. The number of nitrogens with two attached hydrogens (primary N) is 1. The molecule has 0 aliphatic carbocycles. The number of anilines is 1. The van der Waals surface area contributed by atoms with Gasteiger partial charge >= 0.3 is 28.3 Å². The van der Waals surface area contributed by atoms with Crippen molar-refractivity contribution in [2.75, 3.05) is 39.7 Å². The molecule has 4 aromatic rings. The minimum atomic E-state index is -5.08. The molecule has 5 rings (SSSR count). The summed E-state index contributed by atoms with van der Waals surface area (Å²) in [7, 11) is 1.15. The summed E-state index contributed by atoms with van der Waals surface area (Å²) in [5.41, 5.74) is 8.83. The Hall–Kier alpha value is -5.66. The summed E-state index contributed by atoms with van der Waals surface area (Å²) >= 11 is 3.24.